The molecule has 0 amide bonds. The fourth-order valence-electron chi connectivity index (χ4n) is 0.672. The highest BCUT2D eigenvalue weighted by atomic mass is 19.4. The molecule has 0 rings (SSSR count). The zero-order valence-electron chi connectivity index (χ0n) is 8.73. The Bertz CT molecular complexity index is 398. The molecule has 0 bridgehead atoms. The van der Waals surface area contributed by atoms with E-state index in [0.717, 1.165) is 0 Å². The molecule has 0 aliphatic heterocycles. The van der Waals surface area contributed by atoms with Gasteiger partial charge in [0.1, 0.15) is 0 Å². The molecule has 0 aliphatic carbocycles. The molecular formula is C8H5F7O4. The molecule has 0 unspecified atom stereocenters. The van der Waals surface area contributed by atoms with Crippen LogP contribution in [0.3, 0.4) is 0 Å². The van der Waals surface area contributed by atoms with Crippen molar-refractivity contribution in [2.45, 2.75) is 24.6 Å². The molecule has 0 radical (unpaired) electrons. The minimum Gasteiger partial charge on any atom is -0.481 e. The van der Waals surface area contributed by atoms with E-state index in [4.69, 9.17) is 5.11 Å². The lowest BCUT2D eigenvalue weighted by Crippen LogP contribution is -2.54. The van der Waals surface area contributed by atoms with Crippen LogP contribution in [0.5, 0.6) is 0 Å². The van der Waals surface area contributed by atoms with E-state index in [1.165, 1.54) is 0 Å². The molecule has 4 nitrogen and oxygen atoms in total. The van der Waals surface area contributed by atoms with Crippen LogP contribution in [-0.2, 0) is 14.3 Å². The Morgan fingerprint density at radius 1 is 1.05 bits per heavy atom. The van der Waals surface area contributed by atoms with E-state index in [2.05, 4.69) is 11.3 Å². The second-order valence-electron chi connectivity index (χ2n) is 3.15. The van der Waals surface area contributed by atoms with Gasteiger partial charge in [-0.05, 0) is 0 Å². The molecule has 0 spiro atoms. The number of carboxylic acids is 1. The van der Waals surface area contributed by atoms with Crippen LogP contribution >= 0.6 is 0 Å². The van der Waals surface area contributed by atoms with Gasteiger partial charge in [0.15, 0.2) is 0 Å². The summed E-state index contributed by atoms with van der Waals surface area (Å²) in [5.74, 6) is -10.7. The Balaban J connectivity index is 5.02. The van der Waals surface area contributed by atoms with E-state index in [1.807, 2.05) is 0 Å². The van der Waals surface area contributed by atoms with Crippen molar-refractivity contribution in [2.75, 3.05) is 0 Å². The first-order chi connectivity index (χ1) is 8.22. The highest BCUT2D eigenvalue weighted by Gasteiger charge is 2.76. The Labute approximate surface area is 100.0 Å². The van der Waals surface area contributed by atoms with Crippen LogP contribution in [0.2, 0.25) is 0 Å². The third-order valence-electron chi connectivity index (χ3n) is 1.60. The van der Waals surface area contributed by atoms with Gasteiger partial charge in [0.2, 0.25) is 0 Å². The Hall–Kier alpha value is -1.81. The van der Waals surface area contributed by atoms with Gasteiger partial charge in [-0.25, -0.2) is 4.79 Å². The van der Waals surface area contributed by atoms with Crippen LogP contribution in [0.4, 0.5) is 30.7 Å². The summed E-state index contributed by atoms with van der Waals surface area (Å²) in [4.78, 5) is 20.8. The lowest BCUT2D eigenvalue weighted by atomic mass is 10.2. The van der Waals surface area contributed by atoms with Crippen molar-refractivity contribution in [1.82, 2.24) is 0 Å². The molecule has 0 aliphatic rings. The molecule has 0 saturated heterocycles. The summed E-state index contributed by atoms with van der Waals surface area (Å²) >= 11 is 0. The molecule has 0 aromatic rings. The van der Waals surface area contributed by atoms with Gasteiger partial charge in [-0.3, -0.25) is 4.79 Å². The van der Waals surface area contributed by atoms with E-state index >= 15 is 0 Å². The third-order valence-corrected chi connectivity index (χ3v) is 1.60. The molecule has 0 fully saturated rings. The normalized spacial score (nSPS) is 13.0. The molecule has 0 aromatic carbocycles. The Morgan fingerprint density at radius 2 is 1.47 bits per heavy atom. The standard InChI is InChI=1S/C8H5F7O4/c1-3(2-4(16)17)5(18)19-8(14,15)6(9,10)7(11,12)13/h1-2H2,(H,16,17). The highest BCUT2D eigenvalue weighted by molar-refractivity contribution is 5.92. The zero-order chi connectivity index (χ0) is 15.6. The number of carbonyl (C=O) groups excluding carboxylic acids is 1. The fourth-order valence-corrected chi connectivity index (χ4v) is 0.672. The number of aliphatic carboxylic acids is 1. The molecule has 110 valence electrons. The van der Waals surface area contributed by atoms with Gasteiger partial charge in [0.25, 0.3) is 0 Å². The number of esters is 1. The summed E-state index contributed by atoms with van der Waals surface area (Å²) in [5.41, 5.74) is -1.22. The first-order valence-electron chi connectivity index (χ1n) is 4.17. The van der Waals surface area contributed by atoms with Crippen molar-refractivity contribution in [3.8, 4) is 0 Å². The van der Waals surface area contributed by atoms with E-state index in [9.17, 15) is 40.3 Å². The van der Waals surface area contributed by atoms with Gasteiger partial charge in [0.05, 0.1) is 6.42 Å². The van der Waals surface area contributed by atoms with Gasteiger partial charge < -0.3 is 9.84 Å². The average molecular weight is 298 g/mol. The summed E-state index contributed by atoms with van der Waals surface area (Å²) < 4.78 is 87.3. The number of ether oxygens (including phenoxy) is 1. The number of hydrogen-bond acceptors (Lipinski definition) is 3. The van der Waals surface area contributed by atoms with Gasteiger partial charge in [0, 0.05) is 5.57 Å². The van der Waals surface area contributed by atoms with Crippen LogP contribution in [0.25, 0.3) is 0 Å². The molecule has 11 heteroatoms. The van der Waals surface area contributed by atoms with Crippen LogP contribution < -0.4 is 0 Å². The van der Waals surface area contributed by atoms with Crippen molar-refractivity contribution in [3.63, 3.8) is 0 Å². The minimum absolute atomic E-state index is 1.22. The van der Waals surface area contributed by atoms with Crippen molar-refractivity contribution < 1.29 is 50.2 Å². The minimum atomic E-state index is -6.66. The average Bonchev–Trinajstić information content (AvgIpc) is 2.13. The number of hydrogen-bond donors (Lipinski definition) is 1. The van der Waals surface area contributed by atoms with Crippen LogP contribution in [0.1, 0.15) is 6.42 Å². The number of carboxylic acid groups (broad SMARTS) is 1. The molecule has 0 atom stereocenters. The summed E-state index contributed by atoms with van der Waals surface area (Å²) in [7, 11) is 0. The number of halogens is 7. The lowest BCUT2D eigenvalue weighted by molar-refractivity contribution is -0.411. The zero-order valence-corrected chi connectivity index (χ0v) is 8.73. The molecule has 0 heterocycles. The number of alkyl halides is 7. The summed E-state index contributed by atoms with van der Waals surface area (Å²) in [6, 6.07) is 0. The maximum Gasteiger partial charge on any atom is 0.476 e. The van der Waals surface area contributed by atoms with Gasteiger partial charge >= 0.3 is 30.1 Å². The highest BCUT2D eigenvalue weighted by Crippen LogP contribution is 2.47. The summed E-state index contributed by atoms with van der Waals surface area (Å²) in [6.45, 7) is 2.61. The van der Waals surface area contributed by atoms with Gasteiger partial charge in [-0.1, -0.05) is 6.58 Å². The lowest BCUT2D eigenvalue weighted by Gasteiger charge is -2.27. The summed E-state index contributed by atoms with van der Waals surface area (Å²) in [6.07, 6.45) is -14.1. The number of carbonyl (C=O) groups is 2. The monoisotopic (exact) mass is 298 g/mol. The molecule has 19 heavy (non-hydrogen) atoms. The van der Waals surface area contributed by atoms with E-state index < -0.39 is 42.1 Å². The second-order valence-corrected chi connectivity index (χ2v) is 3.15. The first kappa shape index (κ1) is 17.2. The fraction of sp³-hybridized carbons (Fsp3) is 0.500. The van der Waals surface area contributed by atoms with Crippen molar-refractivity contribution in [1.29, 1.82) is 0 Å². The topological polar surface area (TPSA) is 63.6 Å². The largest absolute Gasteiger partial charge is 0.481 e. The van der Waals surface area contributed by atoms with E-state index in [1.54, 1.807) is 0 Å². The maximum absolute atomic E-state index is 12.5. The predicted octanol–water partition coefficient (Wildman–Crippen LogP) is 2.35. The molecule has 0 aromatic heterocycles. The van der Waals surface area contributed by atoms with Crippen LogP contribution in [-0.4, -0.2) is 35.3 Å². The first-order valence-corrected chi connectivity index (χ1v) is 4.17. The third kappa shape index (κ3) is 3.83. The van der Waals surface area contributed by atoms with Crippen molar-refractivity contribution in [3.05, 3.63) is 12.2 Å². The van der Waals surface area contributed by atoms with Crippen molar-refractivity contribution >= 4 is 11.9 Å². The quantitative estimate of drug-likeness (QED) is 0.481. The summed E-state index contributed by atoms with van der Waals surface area (Å²) in [5, 5.41) is 8.14. The van der Waals surface area contributed by atoms with E-state index in [-0.39, 0.29) is 0 Å². The van der Waals surface area contributed by atoms with E-state index in [0.29, 0.717) is 0 Å². The predicted molar refractivity (Wildman–Crippen MR) is 43.4 cm³/mol. The van der Waals surface area contributed by atoms with Crippen molar-refractivity contribution in [2.24, 2.45) is 0 Å². The number of rotatable bonds is 5. The smallest absolute Gasteiger partial charge is 0.476 e. The maximum atomic E-state index is 12.5. The Kier molecular flexibility index (Phi) is 4.57. The SMILES string of the molecule is C=C(CC(=O)O)C(=O)OC(F)(F)C(F)(F)C(F)(F)F. The Morgan fingerprint density at radius 3 is 1.79 bits per heavy atom. The molecular weight excluding hydrogens is 293 g/mol. The van der Waals surface area contributed by atoms with Gasteiger partial charge in [-0.15, -0.1) is 0 Å². The molecule has 1 N–H and O–H groups in total. The molecule has 0 saturated carbocycles. The van der Waals surface area contributed by atoms with Crippen LogP contribution in [0, 0.1) is 0 Å². The van der Waals surface area contributed by atoms with Crippen LogP contribution in [0.15, 0.2) is 12.2 Å². The second kappa shape index (κ2) is 5.05. The van der Waals surface area contributed by atoms with Gasteiger partial charge in [-0.2, -0.15) is 30.7 Å².